The van der Waals surface area contributed by atoms with Crippen LogP contribution in [-0.2, 0) is 0 Å². The van der Waals surface area contributed by atoms with Crippen LogP contribution in [0.15, 0.2) is 0 Å². The van der Waals surface area contributed by atoms with Crippen LogP contribution in [0.25, 0.3) is 0 Å². The first kappa shape index (κ1) is 16.1. The standard InChI is InChI=1S/2ClHO.H2O2/c3*1-2/h2*2H;1-2H. The van der Waals surface area contributed by atoms with Gasteiger partial charge in [-0.1, -0.05) is 0 Å². The fourth-order valence-corrected chi connectivity index (χ4v) is 0. The van der Waals surface area contributed by atoms with Gasteiger partial charge in [0.15, 0.2) is 0 Å². The van der Waals surface area contributed by atoms with Crippen molar-refractivity contribution in [1.82, 2.24) is 0 Å². The molecule has 0 radical (unpaired) electrons. The summed E-state index contributed by atoms with van der Waals surface area (Å²) in [6.45, 7) is 0. The Morgan fingerprint density at radius 2 is 0.667 bits per heavy atom. The molecule has 0 spiro atoms. The highest BCUT2D eigenvalue weighted by molar-refractivity contribution is 6.05. The lowest BCUT2D eigenvalue weighted by Crippen LogP contribution is -1.29. The zero-order valence-corrected chi connectivity index (χ0v) is 4.06. The van der Waals surface area contributed by atoms with Crippen LogP contribution in [0, 0.1) is 0 Å². The fourth-order valence-electron chi connectivity index (χ4n) is 0. The van der Waals surface area contributed by atoms with Crippen molar-refractivity contribution >= 4 is 23.7 Å². The first-order valence-corrected chi connectivity index (χ1v) is 1.21. The minimum Gasteiger partial charge on any atom is -0.295 e. The van der Waals surface area contributed by atoms with Crippen LogP contribution in [-0.4, -0.2) is 19.8 Å². The molecule has 0 aliphatic carbocycles. The summed E-state index contributed by atoms with van der Waals surface area (Å²) in [6, 6.07) is 0. The smallest absolute Gasteiger partial charge is 0.0579 e. The second kappa shape index (κ2) is 600. The molecule has 0 bridgehead atoms. The van der Waals surface area contributed by atoms with Gasteiger partial charge in [0, 0.05) is 0 Å². The number of hydrogen-bond acceptors (Lipinski definition) is 4. The third kappa shape index (κ3) is 293. The van der Waals surface area contributed by atoms with Crippen LogP contribution in [0.5, 0.6) is 0 Å². The summed E-state index contributed by atoms with van der Waals surface area (Å²) in [4.78, 5) is 0. The third-order valence-electron chi connectivity index (χ3n) is 0. The molecule has 0 saturated carbocycles. The quantitative estimate of drug-likeness (QED) is 0.287. The highest BCUT2D eigenvalue weighted by atomic mass is 35.5. The SMILES string of the molecule is OCl.OCl.OO. The van der Waals surface area contributed by atoms with Crippen molar-refractivity contribution in [2.75, 3.05) is 0 Å². The van der Waals surface area contributed by atoms with Crippen LogP contribution in [0.1, 0.15) is 0 Å². The van der Waals surface area contributed by atoms with Crippen molar-refractivity contribution in [2.24, 2.45) is 0 Å². The predicted octanol–water partition coefficient (Wildman–Crippen LogP) is 0.282. The van der Waals surface area contributed by atoms with Gasteiger partial charge in [-0.05, 0) is 0 Å². The number of hydrogen-bond donors (Lipinski definition) is 4. The van der Waals surface area contributed by atoms with Crippen molar-refractivity contribution < 1.29 is 19.8 Å². The average Bonchev–Trinajstić information content (AvgIpc) is 1.81. The highest BCUT2D eigenvalue weighted by Crippen LogP contribution is 1.32. The third-order valence-corrected chi connectivity index (χ3v) is 0. The summed E-state index contributed by atoms with van der Waals surface area (Å²) in [5.41, 5.74) is 0. The maximum Gasteiger partial charge on any atom is 0.0579 e. The Hall–Kier alpha value is 0.420. The molecule has 0 atom stereocenters. The Bertz CT molecular complexity index is 5.51. The van der Waals surface area contributed by atoms with E-state index in [4.69, 9.17) is 19.8 Å². The largest absolute Gasteiger partial charge is 0.295 e. The van der Waals surface area contributed by atoms with Crippen molar-refractivity contribution in [1.29, 1.82) is 0 Å². The summed E-state index contributed by atoms with van der Waals surface area (Å²) >= 11 is 7.28. The molecule has 0 heterocycles. The average molecular weight is 139 g/mol. The van der Waals surface area contributed by atoms with Crippen LogP contribution in [0.2, 0.25) is 0 Å². The molecule has 0 rings (SSSR count). The van der Waals surface area contributed by atoms with E-state index in [0.29, 0.717) is 0 Å². The maximum absolute atomic E-state index is 6.47. The topological polar surface area (TPSA) is 80.9 Å². The molecule has 0 fully saturated rings. The molecule has 6 heavy (non-hydrogen) atoms. The Labute approximate surface area is 44.4 Å². The zero-order chi connectivity index (χ0) is 6.00. The zero-order valence-electron chi connectivity index (χ0n) is 2.54. The molecule has 0 saturated heterocycles. The summed E-state index contributed by atoms with van der Waals surface area (Å²) < 4.78 is 12.9. The van der Waals surface area contributed by atoms with E-state index in [1.165, 1.54) is 0 Å². The number of halogens is 2. The minimum absolute atomic E-state index is 3.64. The van der Waals surface area contributed by atoms with E-state index < -0.39 is 0 Å². The highest BCUT2D eigenvalue weighted by Gasteiger charge is 0.899. The summed E-state index contributed by atoms with van der Waals surface area (Å²) in [5.74, 6) is 0. The van der Waals surface area contributed by atoms with Crippen molar-refractivity contribution in [2.45, 2.75) is 0 Å². The molecule has 4 N–H and O–H groups in total. The van der Waals surface area contributed by atoms with Gasteiger partial charge in [0.05, 0.1) is 23.7 Å². The molecule has 4 nitrogen and oxygen atoms in total. The van der Waals surface area contributed by atoms with Gasteiger partial charge in [-0.2, -0.15) is 0 Å². The lowest BCUT2D eigenvalue weighted by atomic mass is 15.0. The van der Waals surface area contributed by atoms with Gasteiger partial charge >= 0.3 is 0 Å². The van der Waals surface area contributed by atoms with Crippen LogP contribution in [0.3, 0.4) is 0 Å². The summed E-state index contributed by atoms with van der Waals surface area (Å²) in [6.07, 6.45) is 0. The molecule has 0 amide bonds. The molecule has 42 valence electrons. The van der Waals surface area contributed by atoms with Crippen LogP contribution in [0.4, 0.5) is 0 Å². The Morgan fingerprint density at radius 3 is 0.667 bits per heavy atom. The predicted molar refractivity (Wildman–Crippen MR) is 21.4 cm³/mol. The summed E-state index contributed by atoms with van der Waals surface area (Å²) in [5, 5.41) is 12.0. The normalized spacial score (nSPS) is 3.00. The van der Waals surface area contributed by atoms with E-state index >= 15 is 0 Å². The van der Waals surface area contributed by atoms with Gasteiger partial charge in [-0.3, -0.25) is 19.8 Å². The molecule has 0 aromatic heterocycles. The maximum atomic E-state index is 6.47. The van der Waals surface area contributed by atoms with Gasteiger partial charge in [0.1, 0.15) is 0 Å². The molecule has 0 aliphatic rings. The number of rotatable bonds is 0. The van der Waals surface area contributed by atoms with Gasteiger partial charge in [-0.15, -0.1) is 0 Å². The van der Waals surface area contributed by atoms with Crippen molar-refractivity contribution in [3.8, 4) is 0 Å². The van der Waals surface area contributed by atoms with E-state index in [-0.39, 0.29) is 0 Å². The van der Waals surface area contributed by atoms with E-state index in [0.717, 1.165) is 0 Å². The van der Waals surface area contributed by atoms with Gasteiger partial charge in [0.2, 0.25) is 0 Å². The molecule has 0 aromatic rings. The molecule has 6 heteroatoms. The fraction of sp³-hybridized carbons (Fsp3) is 0. The Kier molecular flexibility index (Phi) is 1610. The first-order chi connectivity index (χ1) is 3.00. The van der Waals surface area contributed by atoms with E-state index in [1.807, 2.05) is 0 Å². The first-order valence-electron chi connectivity index (χ1n) is 0.538. The monoisotopic (exact) mass is 138 g/mol. The van der Waals surface area contributed by atoms with Crippen LogP contribution >= 0.6 is 23.7 Å². The van der Waals surface area contributed by atoms with E-state index in [9.17, 15) is 0 Å². The molecule has 0 aliphatic heterocycles. The van der Waals surface area contributed by atoms with Gasteiger partial charge in [0.25, 0.3) is 0 Å². The summed E-state index contributed by atoms with van der Waals surface area (Å²) in [7, 11) is 0. The Morgan fingerprint density at radius 1 is 0.667 bits per heavy atom. The van der Waals surface area contributed by atoms with Crippen molar-refractivity contribution in [3.63, 3.8) is 0 Å². The molecule has 0 aromatic carbocycles. The minimum atomic E-state index is 3.64. The van der Waals surface area contributed by atoms with E-state index in [2.05, 4.69) is 23.7 Å². The molecule has 0 unspecified atom stereocenters. The second-order valence-corrected chi connectivity index (χ2v) is 0. The Balaban J connectivity index is -0.0000000225. The van der Waals surface area contributed by atoms with Gasteiger partial charge in [-0.25, -0.2) is 0 Å². The van der Waals surface area contributed by atoms with E-state index in [1.54, 1.807) is 0 Å². The van der Waals surface area contributed by atoms with Crippen molar-refractivity contribution in [3.05, 3.63) is 0 Å². The van der Waals surface area contributed by atoms with Crippen LogP contribution < -0.4 is 0 Å². The molecular formula is H4Cl2O4. The van der Waals surface area contributed by atoms with Gasteiger partial charge < -0.3 is 0 Å². The second-order valence-electron chi connectivity index (χ2n) is 0. The molecular weight excluding hydrogens is 135 g/mol. The lowest BCUT2D eigenvalue weighted by molar-refractivity contribution is -0.176. The lowest BCUT2D eigenvalue weighted by Gasteiger charge is -1.25.